The zero-order valence-electron chi connectivity index (χ0n) is 19.7. The molecule has 2 amide bonds. The number of hydrogen-bond acceptors (Lipinski definition) is 4. The van der Waals surface area contributed by atoms with Gasteiger partial charge in [-0.25, -0.2) is 0 Å². The molecule has 0 atom stereocenters. The van der Waals surface area contributed by atoms with E-state index in [0.717, 1.165) is 36.1 Å². The minimum Gasteiger partial charge on any atom is -0.497 e. The van der Waals surface area contributed by atoms with Gasteiger partial charge in [-0.05, 0) is 48.1 Å². The van der Waals surface area contributed by atoms with Crippen molar-refractivity contribution in [1.82, 2.24) is 9.80 Å². The smallest absolute Gasteiger partial charge is 0.254 e. The molecule has 178 valence electrons. The van der Waals surface area contributed by atoms with Crippen LogP contribution in [0.25, 0.3) is 0 Å². The van der Waals surface area contributed by atoms with Crippen molar-refractivity contribution in [2.24, 2.45) is 0 Å². The Morgan fingerprint density at radius 2 is 1.74 bits per heavy atom. The molecule has 3 aromatic rings. The predicted molar refractivity (Wildman–Crippen MR) is 136 cm³/mol. The molecule has 4 rings (SSSR count). The third kappa shape index (κ3) is 6.26. The average Bonchev–Trinajstić information content (AvgIpc) is 3.41. The number of carbonyl (C=O) groups excluding carboxylic acids is 2. The molecule has 34 heavy (non-hydrogen) atoms. The van der Waals surface area contributed by atoms with Gasteiger partial charge in [-0.3, -0.25) is 9.59 Å². The van der Waals surface area contributed by atoms with Gasteiger partial charge < -0.3 is 14.5 Å². The van der Waals surface area contributed by atoms with Crippen LogP contribution in [0.5, 0.6) is 5.75 Å². The number of methoxy groups -OCH3 is 1. The van der Waals surface area contributed by atoms with E-state index in [9.17, 15) is 9.59 Å². The van der Waals surface area contributed by atoms with Gasteiger partial charge in [0.2, 0.25) is 5.91 Å². The summed E-state index contributed by atoms with van der Waals surface area (Å²) < 4.78 is 5.33. The molecule has 5 nitrogen and oxygen atoms in total. The third-order valence-electron chi connectivity index (χ3n) is 6.39. The van der Waals surface area contributed by atoms with Crippen LogP contribution in [0.4, 0.5) is 0 Å². The first-order chi connectivity index (χ1) is 16.6. The molecule has 1 aliphatic rings. The number of thiophene rings is 1. The summed E-state index contributed by atoms with van der Waals surface area (Å²) in [5, 5.41) is 2.03. The van der Waals surface area contributed by atoms with Crippen LogP contribution in [-0.2, 0) is 17.9 Å². The van der Waals surface area contributed by atoms with Crippen LogP contribution in [0.2, 0.25) is 0 Å². The maximum absolute atomic E-state index is 13.7. The van der Waals surface area contributed by atoms with Gasteiger partial charge in [-0.2, -0.15) is 0 Å². The standard InChI is InChI=1S/C28H32N2O3S/c1-33-25-15-8-12-23(18-25)28(32)30(24-13-6-3-7-14-24)21-27(31)29(20-26-16-9-17-34-26)19-22-10-4-2-5-11-22/h2,4-5,8-12,15-18,24H,3,6-7,13-14,19-21H2,1H3. The Morgan fingerprint density at radius 1 is 0.941 bits per heavy atom. The monoisotopic (exact) mass is 476 g/mol. The SMILES string of the molecule is COc1cccc(C(=O)N(CC(=O)N(Cc2ccccc2)Cc2cccs2)C2CCCCC2)c1. The highest BCUT2D eigenvalue weighted by Gasteiger charge is 2.30. The van der Waals surface area contributed by atoms with Crippen LogP contribution < -0.4 is 4.74 Å². The predicted octanol–water partition coefficient (Wildman–Crippen LogP) is 5.76. The Hall–Kier alpha value is -3.12. The van der Waals surface area contributed by atoms with Crippen molar-refractivity contribution < 1.29 is 14.3 Å². The van der Waals surface area contributed by atoms with Crippen LogP contribution >= 0.6 is 11.3 Å². The lowest BCUT2D eigenvalue weighted by Gasteiger charge is -2.35. The molecule has 0 N–H and O–H groups in total. The van der Waals surface area contributed by atoms with E-state index < -0.39 is 0 Å². The number of benzene rings is 2. The van der Waals surface area contributed by atoms with E-state index in [1.54, 1.807) is 30.6 Å². The number of carbonyl (C=O) groups is 2. The van der Waals surface area contributed by atoms with E-state index in [-0.39, 0.29) is 24.4 Å². The summed E-state index contributed by atoms with van der Waals surface area (Å²) in [5.41, 5.74) is 1.64. The minimum atomic E-state index is -0.102. The first kappa shape index (κ1) is 24.0. The van der Waals surface area contributed by atoms with Crippen LogP contribution in [0, 0.1) is 0 Å². The van der Waals surface area contributed by atoms with Crippen molar-refractivity contribution in [3.63, 3.8) is 0 Å². The Morgan fingerprint density at radius 3 is 2.44 bits per heavy atom. The largest absolute Gasteiger partial charge is 0.497 e. The average molecular weight is 477 g/mol. The van der Waals surface area contributed by atoms with E-state index in [1.165, 1.54) is 6.42 Å². The number of hydrogen-bond donors (Lipinski definition) is 0. The number of nitrogens with zero attached hydrogens (tertiary/aromatic N) is 2. The summed E-state index contributed by atoms with van der Waals surface area (Å²) in [6, 6.07) is 21.4. The normalized spacial score (nSPS) is 13.9. The van der Waals surface area contributed by atoms with Crippen molar-refractivity contribution >= 4 is 23.2 Å². The first-order valence-electron chi connectivity index (χ1n) is 11.9. The van der Waals surface area contributed by atoms with Gasteiger partial charge in [-0.15, -0.1) is 11.3 Å². The summed E-state index contributed by atoms with van der Waals surface area (Å²) in [7, 11) is 1.60. The Balaban J connectivity index is 1.57. The van der Waals surface area contributed by atoms with Crippen molar-refractivity contribution in [2.45, 2.75) is 51.2 Å². The van der Waals surface area contributed by atoms with Crippen molar-refractivity contribution in [2.75, 3.05) is 13.7 Å². The summed E-state index contributed by atoms with van der Waals surface area (Å²) in [4.78, 5) is 32.2. The lowest BCUT2D eigenvalue weighted by atomic mass is 9.93. The fraction of sp³-hybridized carbons (Fsp3) is 0.357. The van der Waals surface area contributed by atoms with Crippen molar-refractivity contribution in [3.05, 3.63) is 88.1 Å². The quantitative estimate of drug-likeness (QED) is 0.394. The van der Waals surface area contributed by atoms with Gasteiger partial charge in [0.25, 0.3) is 5.91 Å². The van der Waals surface area contributed by atoms with E-state index in [2.05, 4.69) is 6.07 Å². The molecule has 0 aliphatic heterocycles. The number of ether oxygens (including phenoxy) is 1. The van der Waals surface area contributed by atoms with Gasteiger partial charge >= 0.3 is 0 Å². The maximum atomic E-state index is 13.7. The summed E-state index contributed by atoms with van der Waals surface area (Å²) in [6.07, 6.45) is 5.23. The lowest BCUT2D eigenvalue weighted by Crippen LogP contribution is -2.48. The van der Waals surface area contributed by atoms with Crippen molar-refractivity contribution in [3.8, 4) is 5.75 Å². The zero-order valence-corrected chi connectivity index (χ0v) is 20.5. The second-order valence-electron chi connectivity index (χ2n) is 8.77. The summed E-state index contributed by atoms with van der Waals surface area (Å²) in [6.45, 7) is 1.14. The Labute approximate surface area is 206 Å². The molecule has 0 unspecified atom stereocenters. The first-order valence-corrected chi connectivity index (χ1v) is 12.8. The molecular formula is C28H32N2O3S. The Kier molecular flexibility index (Phi) is 8.36. The van der Waals surface area contributed by atoms with E-state index >= 15 is 0 Å². The molecule has 0 bridgehead atoms. The fourth-order valence-corrected chi connectivity index (χ4v) is 5.27. The molecule has 1 aromatic heterocycles. The Bertz CT molecular complexity index is 1060. The second kappa shape index (κ2) is 11.8. The molecule has 1 heterocycles. The van der Waals surface area contributed by atoms with Crippen LogP contribution in [0.3, 0.4) is 0 Å². The van der Waals surface area contributed by atoms with E-state index in [1.807, 2.05) is 63.7 Å². The molecule has 0 spiro atoms. The van der Waals surface area contributed by atoms with Gasteiger partial charge in [0.1, 0.15) is 12.3 Å². The number of rotatable bonds is 9. The minimum absolute atomic E-state index is 0.0286. The highest BCUT2D eigenvalue weighted by atomic mass is 32.1. The molecule has 0 radical (unpaired) electrons. The summed E-state index contributed by atoms with van der Waals surface area (Å²) in [5.74, 6) is 0.512. The fourth-order valence-electron chi connectivity index (χ4n) is 4.55. The molecule has 6 heteroatoms. The van der Waals surface area contributed by atoms with Gasteiger partial charge in [0.15, 0.2) is 0 Å². The summed E-state index contributed by atoms with van der Waals surface area (Å²) >= 11 is 1.65. The van der Waals surface area contributed by atoms with Crippen LogP contribution in [0.15, 0.2) is 72.1 Å². The number of amides is 2. The molecule has 1 saturated carbocycles. The molecule has 1 aliphatic carbocycles. The zero-order chi connectivity index (χ0) is 23.8. The highest BCUT2D eigenvalue weighted by Crippen LogP contribution is 2.26. The topological polar surface area (TPSA) is 49.9 Å². The molecule has 1 fully saturated rings. The molecule has 0 saturated heterocycles. The third-order valence-corrected chi connectivity index (χ3v) is 7.26. The van der Waals surface area contributed by atoms with Crippen molar-refractivity contribution in [1.29, 1.82) is 0 Å². The van der Waals surface area contributed by atoms with Gasteiger partial charge in [-0.1, -0.05) is 61.7 Å². The maximum Gasteiger partial charge on any atom is 0.254 e. The van der Waals surface area contributed by atoms with E-state index in [0.29, 0.717) is 24.4 Å². The lowest BCUT2D eigenvalue weighted by molar-refractivity contribution is -0.133. The van der Waals surface area contributed by atoms with Crippen LogP contribution in [0.1, 0.15) is 52.9 Å². The molecular weight excluding hydrogens is 444 g/mol. The van der Waals surface area contributed by atoms with Crippen LogP contribution in [-0.4, -0.2) is 41.3 Å². The van der Waals surface area contributed by atoms with E-state index in [4.69, 9.17) is 4.74 Å². The second-order valence-corrected chi connectivity index (χ2v) is 9.80. The highest BCUT2D eigenvalue weighted by molar-refractivity contribution is 7.09. The van der Waals surface area contributed by atoms with Gasteiger partial charge in [0, 0.05) is 23.0 Å². The molecule has 2 aromatic carbocycles. The van der Waals surface area contributed by atoms with Gasteiger partial charge in [0.05, 0.1) is 13.7 Å².